The Morgan fingerprint density at radius 3 is 2.64 bits per heavy atom. The zero-order valence-corrected chi connectivity index (χ0v) is 10.3. The lowest BCUT2D eigenvalue weighted by molar-refractivity contribution is -0.685. The summed E-state index contributed by atoms with van der Waals surface area (Å²) in [5, 5.41) is 2.38. The molecule has 3 heteroatoms. The molecule has 1 unspecified atom stereocenters. The summed E-state index contributed by atoms with van der Waals surface area (Å²) < 4.78 is 5.81. The van der Waals surface area contributed by atoms with Crippen LogP contribution in [0.2, 0.25) is 0 Å². The number of hydrogen-bond acceptors (Lipinski definition) is 1. The zero-order chi connectivity index (χ0) is 9.57. The Balaban J connectivity index is 0.00000169. The van der Waals surface area contributed by atoms with Crippen molar-refractivity contribution in [3.05, 3.63) is 0 Å². The Bertz CT molecular complexity index is 135. The monoisotopic (exact) mass is 221 g/mol. The van der Waals surface area contributed by atoms with Crippen LogP contribution in [0.4, 0.5) is 0 Å². The summed E-state index contributed by atoms with van der Waals surface area (Å²) in [5.41, 5.74) is 0.173. The van der Waals surface area contributed by atoms with Gasteiger partial charge in [0.25, 0.3) is 0 Å². The molecule has 1 atom stereocenters. The number of quaternary nitrogens is 1. The maximum atomic E-state index is 5.81. The van der Waals surface area contributed by atoms with Gasteiger partial charge < -0.3 is 22.5 Å². The fourth-order valence-corrected chi connectivity index (χ4v) is 1.95. The van der Waals surface area contributed by atoms with Gasteiger partial charge in [-0.1, -0.05) is 32.6 Å². The predicted octanol–water partition coefficient (Wildman–Crippen LogP) is -1.69. The van der Waals surface area contributed by atoms with Crippen LogP contribution >= 0.6 is 0 Å². The SMILES string of the molecule is CCCCCCC1(C)C[NH2+]CCO1.[Cl-]. The van der Waals surface area contributed by atoms with E-state index in [1.807, 2.05) is 0 Å². The first-order valence-electron chi connectivity index (χ1n) is 5.72. The molecule has 2 nitrogen and oxygen atoms in total. The first kappa shape index (κ1) is 14.2. The van der Waals surface area contributed by atoms with Crippen molar-refractivity contribution in [3.8, 4) is 0 Å². The molecule has 0 radical (unpaired) electrons. The van der Waals surface area contributed by atoms with Gasteiger partial charge >= 0.3 is 0 Å². The van der Waals surface area contributed by atoms with Crippen LogP contribution < -0.4 is 17.7 Å². The standard InChI is InChI=1S/C11H23NO.ClH/c1-3-4-5-6-7-11(2)10-12-8-9-13-11;/h12H,3-10H2,1-2H3;1H. The highest BCUT2D eigenvalue weighted by Gasteiger charge is 2.29. The van der Waals surface area contributed by atoms with Gasteiger partial charge in [0.15, 0.2) is 0 Å². The minimum absolute atomic E-state index is 0. The van der Waals surface area contributed by atoms with Gasteiger partial charge in [-0.05, 0) is 13.3 Å². The molecular weight excluding hydrogens is 198 g/mol. The normalized spacial score (nSPS) is 27.0. The fraction of sp³-hybridized carbons (Fsp3) is 1.00. The Morgan fingerprint density at radius 2 is 2.07 bits per heavy atom. The molecule has 0 saturated carbocycles. The largest absolute Gasteiger partial charge is 1.00 e. The minimum atomic E-state index is 0. The summed E-state index contributed by atoms with van der Waals surface area (Å²) in [6.45, 7) is 7.75. The quantitative estimate of drug-likeness (QED) is 0.552. The molecule has 0 aromatic heterocycles. The van der Waals surface area contributed by atoms with Crippen LogP contribution in [0, 0.1) is 0 Å². The van der Waals surface area contributed by atoms with E-state index >= 15 is 0 Å². The van der Waals surface area contributed by atoms with E-state index in [0.29, 0.717) is 0 Å². The van der Waals surface area contributed by atoms with Crippen molar-refractivity contribution in [2.45, 2.75) is 51.6 Å². The summed E-state index contributed by atoms with van der Waals surface area (Å²) in [6, 6.07) is 0. The molecule has 1 heterocycles. The predicted molar refractivity (Wildman–Crippen MR) is 54.8 cm³/mol. The molecule has 0 aromatic carbocycles. The summed E-state index contributed by atoms with van der Waals surface area (Å²) in [4.78, 5) is 0. The summed E-state index contributed by atoms with van der Waals surface area (Å²) >= 11 is 0. The van der Waals surface area contributed by atoms with Crippen LogP contribution in [-0.4, -0.2) is 25.3 Å². The van der Waals surface area contributed by atoms with Crippen molar-refractivity contribution in [2.75, 3.05) is 19.7 Å². The van der Waals surface area contributed by atoms with E-state index in [9.17, 15) is 0 Å². The second-order valence-corrected chi connectivity index (χ2v) is 4.39. The molecule has 1 saturated heterocycles. The number of hydrogen-bond donors (Lipinski definition) is 1. The Kier molecular flexibility index (Phi) is 7.61. The van der Waals surface area contributed by atoms with Gasteiger partial charge in [-0.3, -0.25) is 0 Å². The Hall–Kier alpha value is 0.210. The fourth-order valence-electron chi connectivity index (χ4n) is 1.95. The van der Waals surface area contributed by atoms with Gasteiger partial charge in [-0.15, -0.1) is 0 Å². The van der Waals surface area contributed by atoms with Crippen LogP contribution in [0.5, 0.6) is 0 Å². The van der Waals surface area contributed by atoms with Gasteiger partial charge in [-0.2, -0.15) is 0 Å². The molecule has 0 bridgehead atoms. The molecule has 1 aliphatic heterocycles. The third-order valence-corrected chi connectivity index (χ3v) is 2.91. The first-order valence-corrected chi connectivity index (χ1v) is 5.72. The number of morpholine rings is 1. The van der Waals surface area contributed by atoms with Gasteiger partial charge in [0.1, 0.15) is 12.1 Å². The van der Waals surface area contributed by atoms with E-state index in [4.69, 9.17) is 4.74 Å². The molecular formula is C11H24ClNO. The van der Waals surface area contributed by atoms with E-state index in [0.717, 1.165) is 19.7 Å². The lowest BCUT2D eigenvalue weighted by atomic mass is 9.96. The molecule has 0 aliphatic carbocycles. The lowest BCUT2D eigenvalue weighted by Gasteiger charge is -2.31. The number of ether oxygens (including phenoxy) is 1. The molecule has 0 aromatic rings. The molecule has 0 spiro atoms. The van der Waals surface area contributed by atoms with Gasteiger partial charge in [0, 0.05) is 0 Å². The van der Waals surface area contributed by atoms with Crippen LogP contribution in [-0.2, 0) is 4.74 Å². The molecule has 2 N–H and O–H groups in total. The van der Waals surface area contributed by atoms with Crippen LogP contribution in [0.3, 0.4) is 0 Å². The maximum absolute atomic E-state index is 5.81. The smallest absolute Gasteiger partial charge is 0.114 e. The van der Waals surface area contributed by atoms with Gasteiger partial charge in [0.05, 0.1) is 13.2 Å². The highest BCUT2D eigenvalue weighted by atomic mass is 35.5. The second kappa shape index (κ2) is 7.49. The molecule has 1 aliphatic rings. The van der Waals surface area contributed by atoms with Gasteiger partial charge in [0.2, 0.25) is 0 Å². The highest BCUT2D eigenvalue weighted by Crippen LogP contribution is 2.18. The van der Waals surface area contributed by atoms with Crippen LogP contribution in [0.1, 0.15) is 46.0 Å². The van der Waals surface area contributed by atoms with E-state index in [2.05, 4.69) is 19.2 Å². The second-order valence-electron chi connectivity index (χ2n) is 4.39. The molecule has 1 rings (SSSR count). The molecule has 86 valence electrons. The molecule has 1 fully saturated rings. The Labute approximate surface area is 94.2 Å². The van der Waals surface area contributed by atoms with E-state index in [1.54, 1.807) is 0 Å². The van der Waals surface area contributed by atoms with E-state index < -0.39 is 0 Å². The average molecular weight is 222 g/mol. The maximum Gasteiger partial charge on any atom is 0.114 e. The highest BCUT2D eigenvalue weighted by molar-refractivity contribution is 4.75. The van der Waals surface area contributed by atoms with Crippen molar-refractivity contribution in [1.82, 2.24) is 0 Å². The molecule has 0 amide bonds. The molecule has 14 heavy (non-hydrogen) atoms. The van der Waals surface area contributed by atoms with Gasteiger partial charge in [-0.25, -0.2) is 0 Å². The van der Waals surface area contributed by atoms with E-state index in [-0.39, 0.29) is 18.0 Å². The number of nitrogens with two attached hydrogens (primary N) is 1. The summed E-state index contributed by atoms with van der Waals surface area (Å²) in [5.74, 6) is 0. The van der Waals surface area contributed by atoms with Crippen molar-refractivity contribution in [1.29, 1.82) is 0 Å². The number of rotatable bonds is 5. The minimum Gasteiger partial charge on any atom is -1.00 e. The Morgan fingerprint density at radius 1 is 1.29 bits per heavy atom. The third-order valence-electron chi connectivity index (χ3n) is 2.91. The number of unbranched alkanes of at least 4 members (excludes halogenated alkanes) is 3. The van der Waals surface area contributed by atoms with Crippen molar-refractivity contribution >= 4 is 0 Å². The topological polar surface area (TPSA) is 25.8 Å². The van der Waals surface area contributed by atoms with E-state index in [1.165, 1.54) is 32.1 Å². The third kappa shape index (κ3) is 5.18. The van der Waals surface area contributed by atoms with Crippen molar-refractivity contribution in [2.24, 2.45) is 0 Å². The number of halogens is 1. The van der Waals surface area contributed by atoms with Crippen LogP contribution in [0.25, 0.3) is 0 Å². The zero-order valence-electron chi connectivity index (χ0n) is 9.52. The first-order chi connectivity index (χ1) is 6.27. The summed E-state index contributed by atoms with van der Waals surface area (Å²) in [7, 11) is 0. The summed E-state index contributed by atoms with van der Waals surface area (Å²) in [6.07, 6.45) is 6.64. The van der Waals surface area contributed by atoms with Crippen molar-refractivity contribution in [3.63, 3.8) is 0 Å². The average Bonchev–Trinajstić information content (AvgIpc) is 2.14. The van der Waals surface area contributed by atoms with Crippen LogP contribution in [0.15, 0.2) is 0 Å². The van der Waals surface area contributed by atoms with Crippen molar-refractivity contribution < 1.29 is 22.5 Å². The lowest BCUT2D eigenvalue weighted by Crippen LogP contribution is -3.00.